The van der Waals surface area contributed by atoms with Gasteiger partial charge >= 0.3 is 0 Å². The summed E-state index contributed by atoms with van der Waals surface area (Å²) in [5.74, 6) is 0.0369. The molecule has 1 N–H and O–H groups in total. The predicted octanol–water partition coefficient (Wildman–Crippen LogP) is 0.808. The summed E-state index contributed by atoms with van der Waals surface area (Å²) < 4.78 is 5.51. The molecule has 0 aliphatic carbocycles. The second-order valence-electron chi connectivity index (χ2n) is 4.01. The van der Waals surface area contributed by atoms with Crippen molar-refractivity contribution < 1.29 is 14.6 Å². The summed E-state index contributed by atoms with van der Waals surface area (Å²) >= 11 is 0. The average molecular weight is 227 g/mol. The number of aliphatic hydroxyl groups excluding tert-OH is 1. The van der Waals surface area contributed by atoms with E-state index in [2.05, 4.69) is 6.58 Å². The van der Waals surface area contributed by atoms with E-state index in [1.807, 2.05) is 6.92 Å². The van der Waals surface area contributed by atoms with Crippen LogP contribution in [-0.4, -0.2) is 48.3 Å². The Morgan fingerprint density at radius 3 is 3.00 bits per heavy atom. The van der Waals surface area contributed by atoms with Gasteiger partial charge in [-0.2, -0.15) is 0 Å². The molecule has 0 aromatic carbocycles. The third-order valence-corrected chi connectivity index (χ3v) is 2.96. The van der Waals surface area contributed by atoms with Gasteiger partial charge in [0, 0.05) is 19.7 Å². The van der Waals surface area contributed by atoms with Crippen molar-refractivity contribution in [1.82, 2.24) is 4.90 Å². The van der Waals surface area contributed by atoms with Crippen LogP contribution in [0.3, 0.4) is 0 Å². The Hall–Kier alpha value is -0.870. The van der Waals surface area contributed by atoms with E-state index in [-0.39, 0.29) is 24.5 Å². The van der Waals surface area contributed by atoms with E-state index in [1.54, 1.807) is 11.0 Å². The van der Waals surface area contributed by atoms with Gasteiger partial charge in [-0.25, -0.2) is 0 Å². The van der Waals surface area contributed by atoms with Crippen LogP contribution >= 0.6 is 0 Å². The second-order valence-corrected chi connectivity index (χ2v) is 4.01. The third kappa shape index (κ3) is 3.06. The van der Waals surface area contributed by atoms with Gasteiger partial charge in [0.2, 0.25) is 5.91 Å². The lowest BCUT2D eigenvalue weighted by atomic mass is 9.98. The van der Waals surface area contributed by atoms with Crippen molar-refractivity contribution in [3.05, 3.63) is 12.7 Å². The van der Waals surface area contributed by atoms with Crippen molar-refractivity contribution in [2.24, 2.45) is 5.92 Å². The molecule has 1 heterocycles. The normalized spacial score (nSPS) is 24.4. The van der Waals surface area contributed by atoms with Crippen molar-refractivity contribution in [3.63, 3.8) is 0 Å². The van der Waals surface area contributed by atoms with Crippen molar-refractivity contribution >= 4 is 5.91 Å². The zero-order chi connectivity index (χ0) is 12.0. The molecule has 1 aliphatic rings. The number of aliphatic hydroxyl groups is 1. The highest BCUT2D eigenvalue weighted by atomic mass is 16.5. The van der Waals surface area contributed by atoms with Gasteiger partial charge in [-0.3, -0.25) is 4.79 Å². The number of carbonyl (C=O) groups excluding carboxylic acids is 1. The van der Waals surface area contributed by atoms with Gasteiger partial charge in [0.15, 0.2) is 0 Å². The van der Waals surface area contributed by atoms with Crippen molar-refractivity contribution in [2.75, 3.05) is 26.3 Å². The van der Waals surface area contributed by atoms with Gasteiger partial charge in [-0.05, 0) is 12.8 Å². The molecule has 4 nitrogen and oxygen atoms in total. The van der Waals surface area contributed by atoms with Crippen LogP contribution in [0, 0.1) is 5.92 Å². The van der Waals surface area contributed by atoms with Crippen LogP contribution in [0.5, 0.6) is 0 Å². The van der Waals surface area contributed by atoms with Crippen LogP contribution in [0.25, 0.3) is 0 Å². The highest BCUT2D eigenvalue weighted by molar-refractivity contribution is 5.79. The van der Waals surface area contributed by atoms with Gasteiger partial charge < -0.3 is 14.7 Å². The SMILES string of the molecule is C=CCN(CCO)C(=O)C1CCOC1CC. The maximum atomic E-state index is 12.2. The van der Waals surface area contributed by atoms with Gasteiger partial charge in [-0.1, -0.05) is 13.0 Å². The topological polar surface area (TPSA) is 49.8 Å². The Kier molecular flexibility index (Phi) is 5.49. The maximum absolute atomic E-state index is 12.2. The Morgan fingerprint density at radius 2 is 2.44 bits per heavy atom. The summed E-state index contributed by atoms with van der Waals surface area (Å²) in [5, 5.41) is 8.92. The highest BCUT2D eigenvalue weighted by Gasteiger charge is 2.34. The largest absolute Gasteiger partial charge is 0.395 e. The van der Waals surface area contributed by atoms with E-state index in [0.29, 0.717) is 19.7 Å². The van der Waals surface area contributed by atoms with E-state index in [4.69, 9.17) is 9.84 Å². The van der Waals surface area contributed by atoms with E-state index < -0.39 is 0 Å². The molecule has 2 atom stereocenters. The molecule has 0 bridgehead atoms. The van der Waals surface area contributed by atoms with E-state index in [1.165, 1.54) is 0 Å². The molecule has 0 spiro atoms. The van der Waals surface area contributed by atoms with Crippen LogP contribution < -0.4 is 0 Å². The number of hydrogen-bond donors (Lipinski definition) is 1. The minimum absolute atomic E-state index is 0.00997. The van der Waals surface area contributed by atoms with Crippen molar-refractivity contribution in [1.29, 1.82) is 0 Å². The van der Waals surface area contributed by atoms with Crippen LogP contribution in [0.1, 0.15) is 19.8 Å². The quantitative estimate of drug-likeness (QED) is 0.683. The lowest BCUT2D eigenvalue weighted by Crippen LogP contribution is -2.40. The monoisotopic (exact) mass is 227 g/mol. The molecule has 1 fully saturated rings. The van der Waals surface area contributed by atoms with Crippen LogP contribution in [0.2, 0.25) is 0 Å². The molecular weight excluding hydrogens is 206 g/mol. The second kappa shape index (κ2) is 6.66. The molecule has 1 amide bonds. The number of nitrogens with zero attached hydrogens (tertiary/aromatic N) is 1. The Balaban J connectivity index is 2.61. The summed E-state index contributed by atoms with van der Waals surface area (Å²) in [6, 6.07) is 0. The molecule has 0 aromatic rings. The van der Waals surface area contributed by atoms with Crippen molar-refractivity contribution in [3.8, 4) is 0 Å². The summed E-state index contributed by atoms with van der Waals surface area (Å²) in [7, 11) is 0. The molecule has 1 saturated heterocycles. The first-order valence-electron chi connectivity index (χ1n) is 5.86. The molecule has 0 aromatic heterocycles. The zero-order valence-corrected chi connectivity index (χ0v) is 9.89. The number of rotatable bonds is 6. The summed E-state index contributed by atoms with van der Waals surface area (Å²) in [4.78, 5) is 13.8. The first-order valence-corrected chi connectivity index (χ1v) is 5.86. The molecule has 0 saturated carbocycles. The first kappa shape index (κ1) is 13.2. The van der Waals surface area contributed by atoms with Gasteiger partial charge in [0.1, 0.15) is 0 Å². The lowest BCUT2D eigenvalue weighted by molar-refractivity contribution is -0.137. The molecule has 16 heavy (non-hydrogen) atoms. The molecule has 1 aliphatic heterocycles. The summed E-state index contributed by atoms with van der Waals surface area (Å²) in [5.41, 5.74) is 0. The predicted molar refractivity (Wildman–Crippen MR) is 62.0 cm³/mol. The Morgan fingerprint density at radius 1 is 1.69 bits per heavy atom. The van der Waals surface area contributed by atoms with Gasteiger partial charge in [0.05, 0.1) is 18.6 Å². The lowest BCUT2D eigenvalue weighted by Gasteiger charge is -2.25. The molecular formula is C12H21NO3. The standard InChI is InChI=1S/C12H21NO3/c1-3-6-13(7-8-14)12(15)10-5-9-16-11(10)4-2/h3,10-11,14H,1,4-9H2,2H3. The first-order chi connectivity index (χ1) is 7.74. The molecule has 92 valence electrons. The number of amides is 1. The summed E-state index contributed by atoms with van der Waals surface area (Å²) in [6.45, 7) is 7.17. The van der Waals surface area contributed by atoms with E-state index >= 15 is 0 Å². The highest BCUT2D eigenvalue weighted by Crippen LogP contribution is 2.25. The van der Waals surface area contributed by atoms with Gasteiger partial charge in [-0.15, -0.1) is 6.58 Å². The Labute approximate surface area is 96.9 Å². The fourth-order valence-electron chi connectivity index (χ4n) is 2.14. The fourth-order valence-corrected chi connectivity index (χ4v) is 2.14. The fraction of sp³-hybridized carbons (Fsp3) is 0.750. The van der Waals surface area contributed by atoms with E-state index in [9.17, 15) is 4.79 Å². The minimum Gasteiger partial charge on any atom is -0.395 e. The molecule has 4 heteroatoms. The van der Waals surface area contributed by atoms with Crippen LogP contribution in [0.15, 0.2) is 12.7 Å². The molecule has 1 rings (SSSR count). The summed E-state index contributed by atoms with van der Waals surface area (Å²) in [6.07, 6.45) is 3.37. The molecule has 2 unspecified atom stereocenters. The minimum atomic E-state index is -0.0449. The average Bonchev–Trinajstić information content (AvgIpc) is 2.75. The molecule has 0 radical (unpaired) electrons. The van der Waals surface area contributed by atoms with Crippen molar-refractivity contribution in [2.45, 2.75) is 25.9 Å². The maximum Gasteiger partial charge on any atom is 0.228 e. The Bertz CT molecular complexity index is 242. The number of hydrogen-bond acceptors (Lipinski definition) is 3. The van der Waals surface area contributed by atoms with Crippen LogP contribution in [0.4, 0.5) is 0 Å². The smallest absolute Gasteiger partial charge is 0.228 e. The number of ether oxygens (including phenoxy) is 1. The van der Waals surface area contributed by atoms with Crippen LogP contribution in [-0.2, 0) is 9.53 Å². The third-order valence-electron chi connectivity index (χ3n) is 2.96. The van der Waals surface area contributed by atoms with E-state index in [0.717, 1.165) is 12.8 Å². The van der Waals surface area contributed by atoms with Gasteiger partial charge in [0.25, 0.3) is 0 Å². The number of carbonyl (C=O) groups is 1. The zero-order valence-electron chi connectivity index (χ0n) is 9.89.